The lowest BCUT2D eigenvalue weighted by Gasteiger charge is -2.12. The molecule has 1 atom stereocenters. The largest absolute Gasteiger partial charge is 0.406 e. The Hall–Kier alpha value is -2.89. The molecule has 28 heavy (non-hydrogen) atoms. The van der Waals surface area contributed by atoms with E-state index in [9.17, 15) is 17.6 Å². The van der Waals surface area contributed by atoms with Crippen LogP contribution in [0.5, 0.6) is 0 Å². The minimum Gasteiger partial charge on any atom is -0.344 e. The van der Waals surface area contributed by atoms with Crippen molar-refractivity contribution in [3.63, 3.8) is 0 Å². The first-order chi connectivity index (χ1) is 13.2. The van der Waals surface area contributed by atoms with Gasteiger partial charge in [-0.1, -0.05) is 0 Å². The minimum atomic E-state index is -4.34. The zero-order valence-corrected chi connectivity index (χ0v) is 15.1. The summed E-state index contributed by atoms with van der Waals surface area (Å²) in [5.74, 6) is 0.0777. The molecule has 3 heterocycles. The Morgan fingerprint density at radius 1 is 1.14 bits per heavy atom. The molecule has 0 unspecified atom stereocenters. The summed E-state index contributed by atoms with van der Waals surface area (Å²) in [5.41, 5.74) is 0.340. The first-order valence-electron chi connectivity index (χ1n) is 7.90. The third-order valence-corrected chi connectivity index (χ3v) is 3.58. The fourth-order valence-electron chi connectivity index (χ4n) is 2.29. The van der Waals surface area contributed by atoms with E-state index in [4.69, 9.17) is 11.6 Å². The summed E-state index contributed by atoms with van der Waals surface area (Å²) in [4.78, 5) is 23.7. The molecule has 3 rings (SSSR count). The van der Waals surface area contributed by atoms with E-state index in [-0.39, 0.29) is 23.5 Å². The molecule has 0 spiro atoms. The number of hydrogen-bond donors (Lipinski definition) is 1. The monoisotopic (exact) mass is 416 g/mol. The van der Waals surface area contributed by atoms with Crippen LogP contribution in [0.4, 0.5) is 23.5 Å². The molecule has 0 saturated heterocycles. The summed E-state index contributed by atoms with van der Waals surface area (Å²) in [6.45, 7) is 0.573. The molecule has 148 valence electrons. The summed E-state index contributed by atoms with van der Waals surface area (Å²) in [6.07, 6.45) is 0.118. The van der Waals surface area contributed by atoms with Crippen LogP contribution in [0, 0.1) is 5.82 Å². The Morgan fingerprint density at radius 2 is 1.86 bits per heavy atom. The molecule has 13 heteroatoms. The van der Waals surface area contributed by atoms with Gasteiger partial charge in [-0.2, -0.15) is 23.1 Å². The summed E-state index contributed by atoms with van der Waals surface area (Å²) >= 11 is 5.90. The molecule has 0 saturated carbocycles. The van der Waals surface area contributed by atoms with Crippen molar-refractivity contribution >= 4 is 17.5 Å². The van der Waals surface area contributed by atoms with Crippen LogP contribution >= 0.6 is 11.6 Å². The molecule has 0 aliphatic carbocycles. The first kappa shape index (κ1) is 19.9. The van der Waals surface area contributed by atoms with Crippen LogP contribution in [0.15, 0.2) is 24.9 Å². The summed E-state index contributed by atoms with van der Waals surface area (Å²) in [6, 6.07) is -0.460. The molecule has 0 amide bonds. The number of halogens is 5. The molecule has 0 aromatic carbocycles. The van der Waals surface area contributed by atoms with Gasteiger partial charge in [0.2, 0.25) is 11.2 Å². The van der Waals surface area contributed by atoms with E-state index >= 15 is 0 Å². The number of imidazole rings is 1. The highest BCUT2D eigenvalue weighted by Crippen LogP contribution is 2.18. The van der Waals surface area contributed by atoms with Gasteiger partial charge in [-0.25, -0.2) is 24.3 Å². The number of rotatable bonds is 6. The number of anilines is 1. The van der Waals surface area contributed by atoms with Crippen molar-refractivity contribution < 1.29 is 17.6 Å². The van der Waals surface area contributed by atoms with Gasteiger partial charge in [-0.15, -0.1) is 0 Å². The number of nitrogens with one attached hydrogen (secondary N) is 1. The molecular weight excluding hydrogens is 404 g/mol. The molecule has 3 aromatic heterocycles. The third kappa shape index (κ3) is 5.55. The van der Waals surface area contributed by atoms with Crippen molar-refractivity contribution in [1.82, 2.24) is 34.5 Å². The van der Waals surface area contributed by atoms with E-state index in [1.807, 2.05) is 0 Å². The molecule has 0 fully saturated rings. The van der Waals surface area contributed by atoms with Crippen LogP contribution in [-0.2, 0) is 13.0 Å². The minimum absolute atomic E-state index is 0.0587. The standard InChI is InChI=1S/C15H13ClF4N8/c1-8(12-21-3-9(17)4-22-12)24-14-26-11(25-13(16)27-14)2-10-5-28(7-23-10)6-15(18,19)20/h3-5,7-8H,2,6H2,1H3,(H,24,25,26,27)/t8-/m0/s1. The molecule has 0 bridgehead atoms. The quantitative estimate of drug-likeness (QED) is 0.617. The highest BCUT2D eigenvalue weighted by atomic mass is 35.5. The second-order valence-corrected chi connectivity index (χ2v) is 6.14. The maximum Gasteiger partial charge on any atom is 0.406 e. The van der Waals surface area contributed by atoms with Gasteiger partial charge in [-0.05, 0) is 18.5 Å². The van der Waals surface area contributed by atoms with Crippen molar-refractivity contribution in [2.45, 2.75) is 32.1 Å². The van der Waals surface area contributed by atoms with Crippen LogP contribution < -0.4 is 5.32 Å². The highest BCUT2D eigenvalue weighted by Gasteiger charge is 2.27. The van der Waals surface area contributed by atoms with Crippen molar-refractivity contribution in [1.29, 1.82) is 0 Å². The lowest BCUT2D eigenvalue weighted by atomic mass is 10.3. The number of aromatic nitrogens is 7. The van der Waals surface area contributed by atoms with E-state index in [0.29, 0.717) is 11.5 Å². The molecule has 1 N–H and O–H groups in total. The van der Waals surface area contributed by atoms with Gasteiger partial charge < -0.3 is 9.88 Å². The number of hydrogen-bond acceptors (Lipinski definition) is 7. The second-order valence-electron chi connectivity index (χ2n) is 5.80. The van der Waals surface area contributed by atoms with Gasteiger partial charge in [0.1, 0.15) is 18.2 Å². The molecule has 8 nitrogen and oxygen atoms in total. The van der Waals surface area contributed by atoms with Gasteiger partial charge in [0.15, 0.2) is 5.82 Å². The van der Waals surface area contributed by atoms with Crippen molar-refractivity contribution in [2.75, 3.05) is 5.32 Å². The topological polar surface area (TPSA) is 94.3 Å². The fraction of sp³-hybridized carbons (Fsp3) is 0.333. The molecular formula is C15H13ClF4N8. The molecule has 0 radical (unpaired) electrons. The summed E-state index contributed by atoms with van der Waals surface area (Å²) in [5, 5.41) is 2.81. The maximum atomic E-state index is 12.9. The van der Waals surface area contributed by atoms with Crippen LogP contribution in [0.1, 0.15) is 30.3 Å². The molecule has 0 aliphatic heterocycles. The SMILES string of the molecule is C[C@H](Nc1nc(Cl)nc(Cc2cn(CC(F)(F)F)cn2)n1)c1ncc(F)cn1. The van der Waals surface area contributed by atoms with Gasteiger partial charge in [-0.3, -0.25) is 0 Å². The zero-order chi connectivity index (χ0) is 20.3. The Bertz CT molecular complexity index is 944. The van der Waals surface area contributed by atoms with Crippen LogP contribution in [0.25, 0.3) is 0 Å². The fourth-order valence-corrected chi connectivity index (χ4v) is 2.47. The Balaban J connectivity index is 1.72. The number of nitrogens with zero attached hydrogens (tertiary/aromatic N) is 7. The van der Waals surface area contributed by atoms with Crippen LogP contribution in [0.2, 0.25) is 5.28 Å². The normalized spacial score (nSPS) is 12.8. The van der Waals surface area contributed by atoms with Crippen molar-refractivity contribution in [2.24, 2.45) is 0 Å². The van der Waals surface area contributed by atoms with Gasteiger partial charge >= 0.3 is 6.18 Å². The third-order valence-electron chi connectivity index (χ3n) is 3.42. The molecule has 3 aromatic rings. The van der Waals surface area contributed by atoms with Crippen molar-refractivity contribution in [3.8, 4) is 0 Å². The summed E-state index contributed by atoms with van der Waals surface area (Å²) < 4.78 is 51.1. The van der Waals surface area contributed by atoms with Gasteiger partial charge in [0, 0.05) is 6.20 Å². The first-order valence-corrected chi connectivity index (χ1v) is 8.27. The van der Waals surface area contributed by atoms with Gasteiger partial charge in [0.25, 0.3) is 0 Å². The average Bonchev–Trinajstić information content (AvgIpc) is 2.99. The second kappa shape index (κ2) is 8.00. The van der Waals surface area contributed by atoms with Crippen LogP contribution in [0.3, 0.4) is 0 Å². The predicted molar refractivity (Wildman–Crippen MR) is 90.0 cm³/mol. The van der Waals surface area contributed by atoms with Gasteiger partial charge in [0.05, 0.1) is 36.9 Å². The lowest BCUT2D eigenvalue weighted by molar-refractivity contribution is -0.140. The highest BCUT2D eigenvalue weighted by molar-refractivity contribution is 6.28. The van der Waals surface area contributed by atoms with E-state index < -0.39 is 24.6 Å². The summed E-state index contributed by atoms with van der Waals surface area (Å²) in [7, 11) is 0. The Kier molecular flexibility index (Phi) is 5.68. The van der Waals surface area contributed by atoms with Crippen molar-refractivity contribution in [3.05, 3.63) is 53.4 Å². The Labute approximate surface area is 161 Å². The lowest BCUT2D eigenvalue weighted by Crippen LogP contribution is -2.16. The van der Waals surface area contributed by atoms with E-state index in [2.05, 4.69) is 35.2 Å². The zero-order valence-electron chi connectivity index (χ0n) is 14.3. The maximum absolute atomic E-state index is 12.9. The Morgan fingerprint density at radius 3 is 2.54 bits per heavy atom. The van der Waals surface area contributed by atoms with E-state index in [1.54, 1.807) is 6.92 Å². The smallest absolute Gasteiger partial charge is 0.344 e. The van der Waals surface area contributed by atoms with E-state index in [0.717, 1.165) is 23.3 Å². The number of alkyl halides is 3. The molecule has 0 aliphatic rings. The van der Waals surface area contributed by atoms with E-state index in [1.165, 1.54) is 6.20 Å². The average molecular weight is 417 g/mol. The predicted octanol–water partition coefficient (Wildman–Crippen LogP) is 2.98. The van der Waals surface area contributed by atoms with Crippen LogP contribution in [-0.4, -0.2) is 40.6 Å².